The summed E-state index contributed by atoms with van der Waals surface area (Å²) in [7, 11) is 0. The normalized spacial score (nSPS) is 10.4. The van der Waals surface area contributed by atoms with Crippen molar-refractivity contribution in [3.8, 4) is 23.0 Å². The van der Waals surface area contributed by atoms with Crippen LogP contribution in [0.3, 0.4) is 0 Å². The second-order valence-corrected chi connectivity index (χ2v) is 4.55. The molecule has 2 aromatic rings. The second kappa shape index (κ2) is 4.47. The zero-order valence-corrected chi connectivity index (χ0v) is 9.48. The Morgan fingerprint density at radius 3 is 1.35 bits per heavy atom. The lowest BCUT2D eigenvalue weighted by molar-refractivity contribution is 0.402. The molecular formula is C12H10O4S. The van der Waals surface area contributed by atoms with Crippen molar-refractivity contribution in [3.05, 3.63) is 36.4 Å². The van der Waals surface area contributed by atoms with Gasteiger partial charge in [-0.05, 0) is 36.4 Å². The third-order valence-electron chi connectivity index (χ3n) is 2.13. The Balaban J connectivity index is 2.25. The van der Waals surface area contributed by atoms with Gasteiger partial charge < -0.3 is 20.4 Å². The van der Waals surface area contributed by atoms with Gasteiger partial charge in [-0.3, -0.25) is 0 Å². The van der Waals surface area contributed by atoms with E-state index in [2.05, 4.69) is 0 Å². The molecule has 0 saturated heterocycles. The predicted octanol–water partition coefficient (Wildman–Crippen LogP) is 2.66. The van der Waals surface area contributed by atoms with E-state index < -0.39 is 0 Å². The van der Waals surface area contributed by atoms with Gasteiger partial charge in [0.25, 0.3) is 0 Å². The summed E-state index contributed by atoms with van der Waals surface area (Å²) in [6, 6.07) is 8.90. The van der Waals surface area contributed by atoms with Gasteiger partial charge >= 0.3 is 0 Å². The Labute approximate surface area is 102 Å². The van der Waals surface area contributed by atoms with E-state index in [9.17, 15) is 10.2 Å². The fraction of sp³-hybridized carbons (Fsp3) is 0. The molecule has 4 nitrogen and oxygen atoms in total. The Morgan fingerprint density at radius 2 is 1.00 bits per heavy atom. The number of hydrogen-bond donors (Lipinski definition) is 4. The van der Waals surface area contributed by atoms with Gasteiger partial charge in [0.15, 0.2) is 23.0 Å². The predicted molar refractivity (Wildman–Crippen MR) is 63.7 cm³/mol. The maximum atomic E-state index is 9.32. The number of rotatable bonds is 2. The number of hydrogen-bond acceptors (Lipinski definition) is 5. The first kappa shape index (κ1) is 11.5. The molecule has 0 unspecified atom stereocenters. The Bertz CT molecular complexity index is 505. The van der Waals surface area contributed by atoms with Crippen molar-refractivity contribution in [2.75, 3.05) is 0 Å². The minimum absolute atomic E-state index is 0.178. The summed E-state index contributed by atoms with van der Waals surface area (Å²) in [5, 5.41) is 37.0. The Hall–Kier alpha value is -2.01. The lowest BCUT2D eigenvalue weighted by atomic mass is 10.3. The van der Waals surface area contributed by atoms with Crippen LogP contribution in [0.15, 0.2) is 46.2 Å². The number of aromatic hydroxyl groups is 4. The molecular weight excluding hydrogens is 240 g/mol. The van der Waals surface area contributed by atoms with Gasteiger partial charge in [-0.15, -0.1) is 0 Å². The molecule has 0 radical (unpaired) electrons. The Morgan fingerprint density at radius 1 is 0.588 bits per heavy atom. The van der Waals surface area contributed by atoms with E-state index in [0.29, 0.717) is 9.79 Å². The van der Waals surface area contributed by atoms with Gasteiger partial charge in [0.1, 0.15) is 0 Å². The van der Waals surface area contributed by atoms with Gasteiger partial charge in [-0.25, -0.2) is 0 Å². The number of benzene rings is 2. The molecule has 0 saturated carbocycles. The van der Waals surface area contributed by atoms with E-state index in [4.69, 9.17) is 10.2 Å². The monoisotopic (exact) mass is 250 g/mol. The smallest absolute Gasteiger partial charge is 0.158 e. The molecule has 88 valence electrons. The molecule has 0 aliphatic heterocycles. The van der Waals surface area contributed by atoms with E-state index in [0.717, 1.165) is 0 Å². The van der Waals surface area contributed by atoms with Crippen molar-refractivity contribution in [3.63, 3.8) is 0 Å². The second-order valence-electron chi connectivity index (χ2n) is 3.40. The maximum Gasteiger partial charge on any atom is 0.158 e. The quantitative estimate of drug-likeness (QED) is 0.616. The van der Waals surface area contributed by atoms with Crippen molar-refractivity contribution in [1.29, 1.82) is 0 Å². The Kier molecular flexibility index (Phi) is 3.01. The molecule has 0 bridgehead atoms. The summed E-state index contributed by atoms with van der Waals surface area (Å²) >= 11 is 1.29. The van der Waals surface area contributed by atoms with Crippen LogP contribution in [0.2, 0.25) is 0 Å². The summed E-state index contributed by atoms with van der Waals surface area (Å²) in [5.74, 6) is -0.748. The van der Waals surface area contributed by atoms with Crippen LogP contribution in [0, 0.1) is 0 Å². The van der Waals surface area contributed by atoms with E-state index in [1.165, 1.54) is 36.0 Å². The van der Waals surface area contributed by atoms with Crippen LogP contribution in [0.4, 0.5) is 0 Å². The van der Waals surface area contributed by atoms with Crippen LogP contribution in [0.5, 0.6) is 23.0 Å². The zero-order chi connectivity index (χ0) is 12.4. The van der Waals surface area contributed by atoms with Crippen LogP contribution in [0.1, 0.15) is 0 Å². The van der Waals surface area contributed by atoms with Crippen molar-refractivity contribution in [1.82, 2.24) is 0 Å². The van der Waals surface area contributed by atoms with Gasteiger partial charge in [0.2, 0.25) is 0 Å². The zero-order valence-electron chi connectivity index (χ0n) is 8.66. The van der Waals surface area contributed by atoms with E-state index in [1.807, 2.05) is 0 Å². The molecule has 0 aliphatic carbocycles. The average Bonchev–Trinajstić information content (AvgIpc) is 2.29. The van der Waals surface area contributed by atoms with Crippen molar-refractivity contribution in [2.45, 2.75) is 9.79 Å². The summed E-state index contributed by atoms with van der Waals surface area (Å²) in [5.41, 5.74) is 0. The van der Waals surface area contributed by atoms with Crippen LogP contribution in [-0.4, -0.2) is 20.4 Å². The minimum Gasteiger partial charge on any atom is -0.504 e. The van der Waals surface area contributed by atoms with Crippen molar-refractivity contribution in [2.24, 2.45) is 0 Å². The van der Waals surface area contributed by atoms with Crippen LogP contribution in [-0.2, 0) is 0 Å². The topological polar surface area (TPSA) is 80.9 Å². The molecule has 17 heavy (non-hydrogen) atoms. The highest BCUT2D eigenvalue weighted by atomic mass is 32.2. The SMILES string of the molecule is Oc1ccc(Sc2ccc(O)c(O)c2)cc1O. The summed E-state index contributed by atoms with van der Waals surface area (Å²) < 4.78 is 0. The van der Waals surface area contributed by atoms with E-state index in [1.54, 1.807) is 12.1 Å². The van der Waals surface area contributed by atoms with Gasteiger partial charge in [-0.1, -0.05) is 11.8 Å². The third kappa shape index (κ3) is 2.57. The van der Waals surface area contributed by atoms with Crippen LogP contribution < -0.4 is 0 Å². The minimum atomic E-state index is -0.196. The van der Waals surface area contributed by atoms with Gasteiger partial charge in [0.05, 0.1) is 0 Å². The van der Waals surface area contributed by atoms with Crippen LogP contribution in [0.25, 0.3) is 0 Å². The van der Waals surface area contributed by atoms with Crippen LogP contribution >= 0.6 is 11.8 Å². The number of phenolic OH excluding ortho intramolecular Hbond substituents is 4. The van der Waals surface area contributed by atoms with Crippen molar-refractivity contribution >= 4 is 11.8 Å². The maximum absolute atomic E-state index is 9.32. The summed E-state index contributed by atoms with van der Waals surface area (Å²) in [6.07, 6.45) is 0. The fourth-order valence-electron chi connectivity index (χ4n) is 1.27. The molecule has 0 fully saturated rings. The largest absolute Gasteiger partial charge is 0.504 e. The molecule has 0 spiro atoms. The molecule has 0 heterocycles. The first-order chi connectivity index (χ1) is 8.06. The molecule has 2 rings (SSSR count). The first-order valence-corrected chi connectivity index (χ1v) is 5.60. The highest BCUT2D eigenvalue weighted by Gasteiger charge is 2.05. The summed E-state index contributed by atoms with van der Waals surface area (Å²) in [6.45, 7) is 0. The molecule has 4 N–H and O–H groups in total. The first-order valence-electron chi connectivity index (χ1n) is 4.78. The number of phenols is 4. The summed E-state index contributed by atoms with van der Waals surface area (Å²) in [4.78, 5) is 1.43. The highest BCUT2D eigenvalue weighted by Crippen LogP contribution is 2.36. The molecule has 2 aromatic carbocycles. The lowest BCUT2D eigenvalue weighted by Crippen LogP contribution is -1.76. The van der Waals surface area contributed by atoms with Gasteiger partial charge in [-0.2, -0.15) is 0 Å². The molecule has 0 atom stereocenters. The molecule has 0 aromatic heterocycles. The van der Waals surface area contributed by atoms with E-state index in [-0.39, 0.29) is 23.0 Å². The fourth-order valence-corrected chi connectivity index (χ4v) is 2.15. The lowest BCUT2D eigenvalue weighted by Gasteiger charge is -2.04. The highest BCUT2D eigenvalue weighted by molar-refractivity contribution is 7.99. The molecule has 0 aliphatic rings. The standard InChI is InChI=1S/C12H10O4S/c13-9-3-1-7(5-11(9)15)17-8-2-4-10(14)12(16)6-8/h1-6,13-16H. The average molecular weight is 250 g/mol. The van der Waals surface area contributed by atoms with Gasteiger partial charge in [0, 0.05) is 9.79 Å². The van der Waals surface area contributed by atoms with Crippen molar-refractivity contribution < 1.29 is 20.4 Å². The van der Waals surface area contributed by atoms with E-state index >= 15 is 0 Å². The third-order valence-corrected chi connectivity index (χ3v) is 3.11. The molecule has 0 amide bonds. The molecule has 5 heteroatoms.